The Balaban J connectivity index is 2.20. The van der Waals surface area contributed by atoms with Crippen LogP contribution in [0.2, 0.25) is 0 Å². The van der Waals surface area contributed by atoms with Gasteiger partial charge in [0.15, 0.2) is 0 Å². The van der Waals surface area contributed by atoms with E-state index >= 15 is 0 Å². The third-order valence-electron chi connectivity index (χ3n) is 3.08. The SMILES string of the molecule is CCn1ccnc1C(Cc1cccc(F)c1)NC. The Bertz CT molecular complexity index is 507. The number of halogens is 1. The molecule has 3 nitrogen and oxygen atoms in total. The molecule has 0 aliphatic heterocycles. The minimum atomic E-state index is -0.193. The number of nitrogens with zero attached hydrogens (tertiary/aromatic N) is 2. The first kappa shape index (κ1) is 12.8. The smallest absolute Gasteiger partial charge is 0.126 e. The van der Waals surface area contributed by atoms with Crippen LogP contribution in [0.5, 0.6) is 0 Å². The van der Waals surface area contributed by atoms with E-state index in [9.17, 15) is 4.39 Å². The molecule has 1 aromatic heterocycles. The van der Waals surface area contributed by atoms with Crippen molar-refractivity contribution in [1.82, 2.24) is 14.9 Å². The molecule has 1 heterocycles. The van der Waals surface area contributed by atoms with Crippen molar-refractivity contribution in [1.29, 1.82) is 0 Å². The van der Waals surface area contributed by atoms with Gasteiger partial charge >= 0.3 is 0 Å². The largest absolute Gasteiger partial charge is 0.334 e. The van der Waals surface area contributed by atoms with E-state index in [1.54, 1.807) is 18.3 Å². The van der Waals surface area contributed by atoms with Gasteiger partial charge in [-0.2, -0.15) is 0 Å². The normalized spacial score (nSPS) is 12.6. The monoisotopic (exact) mass is 247 g/mol. The minimum Gasteiger partial charge on any atom is -0.334 e. The summed E-state index contributed by atoms with van der Waals surface area (Å²) in [5.41, 5.74) is 0.972. The third kappa shape index (κ3) is 2.76. The Morgan fingerprint density at radius 1 is 1.44 bits per heavy atom. The van der Waals surface area contributed by atoms with Crippen molar-refractivity contribution in [2.45, 2.75) is 25.9 Å². The molecule has 1 aromatic carbocycles. The highest BCUT2D eigenvalue weighted by atomic mass is 19.1. The van der Waals surface area contributed by atoms with Crippen molar-refractivity contribution in [2.24, 2.45) is 0 Å². The van der Waals surface area contributed by atoms with E-state index in [1.807, 2.05) is 19.3 Å². The lowest BCUT2D eigenvalue weighted by Crippen LogP contribution is -2.22. The third-order valence-corrected chi connectivity index (χ3v) is 3.08. The molecular formula is C14H18FN3. The van der Waals surface area contributed by atoms with Crippen LogP contribution in [0.4, 0.5) is 4.39 Å². The van der Waals surface area contributed by atoms with Crippen molar-refractivity contribution >= 4 is 0 Å². The molecule has 0 amide bonds. The number of likely N-dealkylation sites (N-methyl/N-ethyl adjacent to an activating group) is 1. The molecule has 96 valence electrons. The van der Waals surface area contributed by atoms with Gasteiger partial charge in [0.25, 0.3) is 0 Å². The summed E-state index contributed by atoms with van der Waals surface area (Å²) in [6, 6.07) is 6.81. The Morgan fingerprint density at radius 2 is 2.28 bits per heavy atom. The van der Waals surface area contributed by atoms with Gasteiger partial charge in [-0.05, 0) is 38.1 Å². The van der Waals surface area contributed by atoms with E-state index in [4.69, 9.17) is 0 Å². The number of nitrogens with one attached hydrogen (secondary N) is 1. The van der Waals surface area contributed by atoms with Gasteiger partial charge in [0.2, 0.25) is 0 Å². The van der Waals surface area contributed by atoms with E-state index in [1.165, 1.54) is 6.07 Å². The summed E-state index contributed by atoms with van der Waals surface area (Å²) >= 11 is 0. The van der Waals surface area contributed by atoms with Crippen molar-refractivity contribution in [3.05, 3.63) is 53.9 Å². The summed E-state index contributed by atoms with van der Waals surface area (Å²) < 4.78 is 15.3. The number of imidazole rings is 1. The van der Waals surface area contributed by atoms with Crippen molar-refractivity contribution < 1.29 is 4.39 Å². The highest BCUT2D eigenvalue weighted by molar-refractivity contribution is 5.19. The maximum absolute atomic E-state index is 13.2. The van der Waals surface area contributed by atoms with E-state index < -0.39 is 0 Å². The van der Waals surface area contributed by atoms with Gasteiger partial charge in [0.05, 0.1) is 6.04 Å². The molecule has 1 unspecified atom stereocenters. The molecule has 2 aromatic rings. The highest BCUT2D eigenvalue weighted by Crippen LogP contribution is 2.17. The fourth-order valence-corrected chi connectivity index (χ4v) is 2.12. The quantitative estimate of drug-likeness (QED) is 0.880. The van der Waals surface area contributed by atoms with Gasteiger partial charge in [-0.25, -0.2) is 9.37 Å². The van der Waals surface area contributed by atoms with Gasteiger partial charge in [-0.15, -0.1) is 0 Å². The van der Waals surface area contributed by atoms with Crippen LogP contribution in [-0.4, -0.2) is 16.6 Å². The van der Waals surface area contributed by atoms with Crippen LogP contribution in [0, 0.1) is 5.82 Å². The van der Waals surface area contributed by atoms with Crippen molar-refractivity contribution in [3.63, 3.8) is 0 Å². The van der Waals surface area contributed by atoms with Crippen LogP contribution < -0.4 is 5.32 Å². The molecule has 0 bridgehead atoms. The van der Waals surface area contributed by atoms with Crippen LogP contribution in [0.15, 0.2) is 36.7 Å². The zero-order chi connectivity index (χ0) is 13.0. The van der Waals surface area contributed by atoms with Gasteiger partial charge in [0, 0.05) is 18.9 Å². The predicted octanol–water partition coefficient (Wildman–Crippen LogP) is 2.55. The maximum atomic E-state index is 13.2. The van der Waals surface area contributed by atoms with E-state index in [0.717, 1.165) is 24.4 Å². The zero-order valence-electron chi connectivity index (χ0n) is 10.7. The summed E-state index contributed by atoms with van der Waals surface area (Å²) in [5, 5.41) is 3.24. The summed E-state index contributed by atoms with van der Waals surface area (Å²) in [4.78, 5) is 4.38. The summed E-state index contributed by atoms with van der Waals surface area (Å²) in [6.07, 6.45) is 4.49. The van der Waals surface area contributed by atoms with Crippen LogP contribution in [-0.2, 0) is 13.0 Å². The average Bonchev–Trinajstić information content (AvgIpc) is 2.84. The lowest BCUT2D eigenvalue weighted by Gasteiger charge is -2.17. The van der Waals surface area contributed by atoms with E-state index in [-0.39, 0.29) is 11.9 Å². The number of rotatable bonds is 5. The first-order chi connectivity index (χ1) is 8.74. The molecule has 0 saturated heterocycles. The number of hydrogen-bond donors (Lipinski definition) is 1. The second kappa shape index (κ2) is 5.78. The Morgan fingerprint density at radius 3 is 2.94 bits per heavy atom. The van der Waals surface area contributed by atoms with Crippen LogP contribution in [0.1, 0.15) is 24.4 Å². The van der Waals surface area contributed by atoms with Gasteiger partial charge in [-0.1, -0.05) is 12.1 Å². The lowest BCUT2D eigenvalue weighted by atomic mass is 10.1. The number of aryl methyl sites for hydroxylation is 1. The Hall–Kier alpha value is -1.68. The molecule has 2 rings (SSSR count). The number of aromatic nitrogens is 2. The summed E-state index contributed by atoms with van der Waals surface area (Å²) in [5.74, 6) is 0.797. The number of benzene rings is 1. The van der Waals surface area contributed by atoms with Crippen molar-refractivity contribution in [3.8, 4) is 0 Å². The predicted molar refractivity (Wildman–Crippen MR) is 69.8 cm³/mol. The fourth-order valence-electron chi connectivity index (χ4n) is 2.12. The molecule has 18 heavy (non-hydrogen) atoms. The van der Waals surface area contributed by atoms with Gasteiger partial charge < -0.3 is 9.88 Å². The Kier molecular flexibility index (Phi) is 4.10. The maximum Gasteiger partial charge on any atom is 0.126 e. The van der Waals surface area contributed by atoms with Gasteiger partial charge in [-0.3, -0.25) is 0 Å². The van der Waals surface area contributed by atoms with Gasteiger partial charge in [0.1, 0.15) is 11.6 Å². The minimum absolute atomic E-state index is 0.0988. The molecular weight excluding hydrogens is 229 g/mol. The zero-order valence-corrected chi connectivity index (χ0v) is 10.7. The molecule has 1 atom stereocenters. The molecule has 0 aliphatic carbocycles. The van der Waals surface area contributed by atoms with Crippen molar-refractivity contribution in [2.75, 3.05) is 7.05 Å². The molecule has 1 N–H and O–H groups in total. The molecule has 0 aliphatic rings. The van der Waals surface area contributed by atoms with E-state index in [0.29, 0.717) is 0 Å². The van der Waals surface area contributed by atoms with E-state index in [2.05, 4.69) is 21.8 Å². The van der Waals surface area contributed by atoms with Crippen LogP contribution in [0.25, 0.3) is 0 Å². The topological polar surface area (TPSA) is 29.9 Å². The summed E-state index contributed by atoms with van der Waals surface area (Å²) in [6.45, 7) is 2.97. The second-order valence-corrected chi connectivity index (χ2v) is 4.25. The molecule has 0 saturated carbocycles. The molecule has 0 spiro atoms. The fraction of sp³-hybridized carbons (Fsp3) is 0.357. The lowest BCUT2D eigenvalue weighted by molar-refractivity contribution is 0.521. The molecule has 4 heteroatoms. The molecule has 0 radical (unpaired) electrons. The van der Waals surface area contributed by atoms with Crippen LogP contribution in [0.3, 0.4) is 0 Å². The Labute approximate surface area is 107 Å². The molecule has 0 fully saturated rings. The summed E-state index contributed by atoms with van der Waals surface area (Å²) in [7, 11) is 1.90. The average molecular weight is 247 g/mol. The first-order valence-corrected chi connectivity index (χ1v) is 6.17. The highest BCUT2D eigenvalue weighted by Gasteiger charge is 2.15. The second-order valence-electron chi connectivity index (χ2n) is 4.25. The standard InChI is InChI=1S/C14H18FN3/c1-3-18-8-7-17-14(18)13(16-2)10-11-5-4-6-12(15)9-11/h4-9,13,16H,3,10H2,1-2H3. The van der Waals surface area contributed by atoms with Crippen LogP contribution >= 0.6 is 0 Å². The number of hydrogen-bond acceptors (Lipinski definition) is 2. The first-order valence-electron chi connectivity index (χ1n) is 6.17.